The summed E-state index contributed by atoms with van der Waals surface area (Å²) >= 11 is 0. The van der Waals surface area contributed by atoms with Crippen LogP contribution in [-0.2, 0) is 9.47 Å². The van der Waals surface area contributed by atoms with E-state index in [9.17, 15) is 9.59 Å². The van der Waals surface area contributed by atoms with Crippen LogP contribution in [0, 0.1) is 0 Å². The van der Waals surface area contributed by atoms with E-state index in [4.69, 9.17) is 34.2 Å². The van der Waals surface area contributed by atoms with Gasteiger partial charge in [-0.3, -0.25) is 9.59 Å². The molecule has 0 spiro atoms. The van der Waals surface area contributed by atoms with Crippen molar-refractivity contribution in [2.75, 3.05) is 71.7 Å². The van der Waals surface area contributed by atoms with Crippen LogP contribution in [0.2, 0.25) is 0 Å². The van der Waals surface area contributed by atoms with Crippen LogP contribution in [-0.4, -0.2) is 77.8 Å². The van der Waals surface area contributed by atoms with Crippen LogP contribution in [0.1, 0.15) is 20.7 Å². The van der Waals surface area contributed by atoms with Gasteiger partial charge in [0, 0.05) is 16.8 Å². The van der Waals surface area contributed by atoms with E-state index in [2.05, 4.69) is 23.8 Å². The maximum atomic E-state index is 12.7. The average molecular weight is 620 g/mol. The Morgan fingerprint density at radius 2 is 0.933 bits per heavy atom. The first kappa shape index (κ1) is 34.5. The molecule has 0 aromatic heterocycles. The molecule has 0 unspecified atom stereocenters. The van der Waals surface area contributed by atoms with Gasteiger partial charge in [-0.15, -0.1) is 13.2 Å². The Hall–Kier alpha value is -5.00. The number of amides is 2. The molecule has 11 heteroatoms. The average Bonchev–Trinajstić information content (AvgIpc) is 3.05. The van der Waals surface area contributed by atoms with Gasteiger partial charge >= 0.3 is 0 Å². The molecule has 4 N–H and O–H groups in total. The third kappa shape index (κ3) is 13.5. The van der Waals surface area contributed by atoms with Crippen LogP contribution in [0.15, 0.2) is 92.0 Å². The van der Waals surface area contributed by atoms with E-state index in [1.54, 1.807) is 60.7 Å². The molecule has 240 valence electrons. The summed E-state index contributed by atoms with van der Waals surface area (Å²) in [6.45, 7) is 11.0. The van der Waals surface area contributed by atoms with Crippen LogP contribution in [0.25, 0.3) is 0 Å². The first-order valence-corrected chi connectivity index (χ1v) is 14.5. The van der Waals surface area contributed by atoms with Gasteiger partial charge < -0.3 is 44.8 Å². The molecule has 0 aliphatic rings. The van der Waals surface area contributed by atoms with Crippen LogP contribution in [0.5, 0.6) is 23.0 Å². The molecule has 3 aromatic carbocycles. The fourth-order valence-electron chi connectivity index (χ4n) is 3.82. The van der Waals surface area contributed by atoms with Crippen molar-refractivity contribution in [3.63, 3.8) is 0 Å². The highest BCUT2D eigenvalue weighted by Crippen LogP contribution is 2.19. The second-order valence-electron chi connectivity index (χ2n) is 9.42. The largest absolute Gasteiger partial charge is 0.492 e. The van der Waals surface area contributed by atoms with Gasteiger partial charge in [-0.1, -0.05) is 12.2 Å². The molecule has 11 nitrogen and oxygen atoms in total. The number of nitrogen functional groups attached to an aromatic ring is 1. The maximum absolute atomic E-state index is 12.7. The third-order valence-corrected chi connectivity index (χ3v) is 5.90. The highest BCUT2D eigenvalue weighted by atomic mass is 16.5. The Kier molecular flexibility index (Phi) is 15.4. The van der Waals surface area contributed by atoms with Gasteiger partial charge in [0.1, 0.15) is 49.4 Å². The van der Waals surface area contributed by atoms with Crippen LogP contribution < -0.4 is 35.3 Å². The highest BCUT2D eigenvalue weighted by Gasteiger charge is 2.12. The molecule has 0 atom stereocenters. The summed E-state index contributed by atoms with van der Waals surface area (Å²) in [5.74, 6) is 1.93. The van der Waals surface area contributed by atoms with Gasteiger partial charge in [-0.05, 0) is 66.7 Å². The van der Waals surface area contributed by atoms with Crippen molar-refractivity contribution in [3.8, 4) is 23.0 Å². The molecular formula is C34H41N3O8. The zero-order chi connectivity index (χ0) is 32.1. The number of hydrogen-bond acceptors (Lipinski definition) is 9. The predicted octanol–water partition coefficient (Wildman–Crippen LogP) is 4.05. The number of rotatable bonds is 22. The van der Waals surface area contributed by atoms with Gasteiger partial charge in [-0.25, -0.2) is 0 Å². The van der Waals surface area contributed by atoms with E-state index >= 15 is 0 Å². The number of benzene rings is 3. The second-order valence-corrected chi connectivity index (χ2v) is 9.42. The van der Waals surface area contributed by atoms with E-state index in [0.29, 0.717) is 68.3 Å². The number of anilines is 1. The Labute approximate surface area is 263 Å². The summed E-state index contributed by atoms with van der Waals surface area (Å²) in [6, 6.07) is 18.8. The number of carbonyl (C=O) groups excluding carboxylic acids is 2. The highest BCUT2D eigenvalue weighted by molar-refractivity contribution is 6.01. The Morgan fingerprint density at radius 3 is 1.29 bits per heavy atom. The zero-order valence-electron chi connectivity index (χ0n) is 25.3. The molecule has 0 bridgehead atoms. The molecule has 3 aromatic rings. The standard InChI is InChI=1S/C34H41N3O8/c1-3-15-40-19-21-44-31-9-5-29(6-10-31)42-17-13-36-33(38)26-23-27(25-28(35)24-26)34(39)37-14-18-43-30-7-11-32(12-8-30)45-22-20-41-16-4-2/h3-12,23-25H,1-2,13-22,35H2,(H,36,38)(H,37,39). The van der Waals surface area contributed by atoms with Crippen molar-refractivity contribution in [2.24, 2.45) is 0 Å². The molecule has 0 aliphatic carbocycles. The van der Waals surface area contributed by atoms with Gasteiger partial charge in [-0.2, -0.15) is 0 Å². The maximum Gasteiger partial charge on any atom is 0.251 e. The summed E-state index contributed by atoms with van der Waals surface area (Å²) in [5, 5.41) is 5.55. The van der Waals surface area contributed by atoms with Crippen molar-refractivity contribution in [3.05, 3.63) is 103 Å². The minimum absolute atomic E-state index is 0.248. The first-order valence-electron chi connectivity index (χ1n) is 14.5. The molecular weight excluding hydrogens is 578 g/mol. The lowest BCUT2D eigenvalue weighted by atomic mass is 10.1. The van der Waals surface area contributed by atoms with Crippen LogP contribution >= 0.6 is 0 Å². The number of carbonyl (C=O) groups is 2. The summed E-state index contributed by atoms with van der Waals surface area (Å²) in [6.07, 6.45) is 3.37. The van der Waals surface area contributed by atoms with E-state index in [1.807, 2.05) is 0 Å². The Balaban J connectivity index is 1.34. The second kappa shape index (κ2) is 20.0. The summed E-state index contributed by atoms with van der Waals surface area (Å²) in [7, 11) is 0. The number of nitrogens with one attached hydrogen (secondary N) is 2. The van der Waals surface area contributed by atoms with Gasteiger partial charge in [0.15, 0.2) is 0 Å². The quantitative estimate of drug-likeness (QED) is 0.0864. The van der Waals surface area contributed by atoms with E-state index in [1.165, 1.54) is 18.2 Å². The fraction of sp³-hybridized carbons (Fsp3) is 0.294. The monoisotopic (exact) mass is 619 g/mol. The van der Waals surface area contributed by atoms with Crippen molar-refractivity contribution in [2.45, 2.75) is 0 Å². The summed E-state index contributed by atoms with van der Waals surface area (Å²) in [4.78, 5) is 25.4. The van der Waals surface area contributed by atoms with Crippen molar-refractivity contribution < 1.29 is 38.0 Å². The lowest BCUT2D eigenvalue weighted by molar-refractivity contribution is 0.0946. The van der Waals surface area contributed by atoms with Gasteiger partial charge in [0.05, 0.1) is 39.5 Å². The van der Waals surface area contributed by atoms with Crippen molar-refractivity contribution in [1.29, 1.82) is 0 Å². The number of hydrogen-bond donors (Lipinski definition) is 3. The van der Waals surface area contributed by atoms with Crippen molar-refractivity contribution >= 4 is 17.5 Å². The normalized spacial score (nSPS) is 10.4. The topological polar surface area (TPSA) is 140 Å². The first-order chi connectivity index (χ1) is 22.0. The minimum Gasteiger partial charge on any atom is -0.492 e. The molecule has 45 heavy (non-hydrogen) atoms. The van der Waals surface area contributed by atoms with Crippen LogP contribution in [0.4, 0.5) is 5.69 Å². The molecule has 0 aliphatic heterocycles. The fourth-order valence-corrected chi connectivity index (χ4v) is 3.82. The molecule has 0 heterocycles. The Morgan fingerprint density at radius 1 is 0.578 bits per heavy atom. The molecule has 2 amide bonds. The lowest BCUT2D eigenvalue weighted by Gasteiger charge is -2.11. The predicted molar refractivity (Wildman–Crippen MR) is 172 cm³/mol. The lowest BCUT2D eigenvalue weighted by Crippen LogP contribution is -2.30. The van der Waals surface area contributed by atoms with E-state index < -0.39 is 0 Å². The van der Waals surface area contributed by atoms with Crippen LogP contribution in [0.3, 0.4) is 0 Å². The Bertz CT molecular complexity index is 1250. The third-order valence-electron chi connectivity index (χ3n) is 5.90. The summed E-state index contributed by atoms with van der Waals surface area (Å²) < 4.78 is 33.1. The van der Waals surface area contributed by atoms with E-state index in [0.717, 1.165) is 0 Å². The van der Waals surface area contributed by atoms with E-state index in [-0.39, 0.29) is 49.2 Å². The number of ether oxygens (including phenoxy) is 6. The minimum atomic E-state index is -0.373. The number of nitrogens with two attached hydrogens (primary N) is 1. The molecule has 0 radical (unpaired) electrons. The van der Waals surface area contributed by atoms with Gasteiger partial charge in [0.25, 0.3) is 11.8 Å². The molecule has 0 saturated heterocycles. The van der Waals surface area contributed by atoms with Gasteiger partial charge in [0.2, 0.25) is 0 Å². The van der Waals surface area contributed by atoms with Crippen molar-refractivity contribution in [1.82, 2.24) is 10.6 Å². The molecule has 0 fully saturated rings. The SMILES string of the molecule is C=CCOCCOc1ccc(OCCNC(=O)c2cc(N)cc(C(=O)NCCOc3ccc(OCCOCC=C)cc3)c2)cc1. The zero-order valence-corrected chi connectivity index (χ0v) is 25.3. The molecule has 0 saturated carbocycles. The molecule has 3 rings (SSSR count). The summed E-state index contributed by atoms with van der Waals surface area (Å²) in [5.41, 5.74) is 6.81. The smallest absolute Gasteiger partial charge is 0.251 e.